The zero-order valence-electron chi connectivity index (χ0n) is 6.25. The molecule has 0 amide bonds. The van der Waals surface area contributed by atoms with E-state index in [0.29, 0.717) is 0 Å². The van der Waals surface area contributed by atoms with Gasteiger partial charge in [0.15, 0.2) is 0 Å². The van der Waals surface area contributed by atoms with Gasteiger partial charge in [0.25, 0.3) is 0 Å². The maximum Gasteiger partial charge on any atom is 0.0867 e. The van der Waals surface area contributed by atoms with Crippen LogP contribution in [0.4, 0.5) is 0 Å². The van der Waals surface area contributed by atoms with Gasteiger partial charge in [-0.2, -0.15) is 0 Å². The first-order valence-electron chi connectivity index (χ1n) is 3.78. The molecule has 0 saturated carbocycles. The lowest BCUT2D eigenvalue weighted by molar-refractivity contribution is 0.366. The number of benzene rings is 1. The molecule has 0 N–H and O–H groups in total. The fourth-order valence-electron chi connectivity index (χ4n) is 1.26. The van der Waals surface area contributed by atoms with Crippen molar-refractivity contribution in [1.29, 1.82) is 0 Å². The van der Waals surface area contributed by atoms with E-state index in [0.717, 1.165) is 18.8 Å². The molecule has 0 aromatic heterocycles. The second-order valence-electron chi connectivity index (χ2n) is 2.60. The highest BCUT2D eigenvalue weighted by Gasteiger charge is 2.06. The lowest BCUT2D eigenvalue weighted by Crippen LogP contribution is -1.90. The topological polar surface area (TPSA) is 9.23 Å². The molecule has 1 aromatic rings. The van der Waals surface area contributed by atoms with Gasteiger partial charge in [-0.15, -0.1) is 0 Å². The van der Waals surface area contributed by atoms with Gasteiger partial charge in [0.05, 0.1) is 6.61 Å². The Bertz CT molecular complexity index is 222. The number of hydrogen-bond acceptors (Lipinski definition) is 2. The van der Waals surface area contributed by atoms with Crippen LogP contribution in [0.2, 0.25) is 0 Å². The van der Waals surface area contributed by atoms with Crippen molar-refractivity contribution in [3.63, 3.8) is 0 Å². The van der Waals surface area contributed by atoms with Crippen LogP contribution < -0.4 is 0 Å². The van der Waals surface area contributed by atoms with E-state index >= 15 is 0 Å². The van der Waals surface area contributed by atoms with Crippen molar-refractivity contribution in [3.05, 3.63) is 35.4 Å². The number of rotatable bonds is 0. The van der Waals surface area contributed by atoms with E-state index in [2.05, 4.69) is 24.3 Å². The molecule has 1 heterocycles. The summed E-state index contributed by atoms with van der Waals surface area (Å²) < 4.78 is 5.34. The van der Waals surface area contributed by atoms with Crippen LogP contribution in [0.25, 0.3) is 0 Å². The van der Waals surface area contributed by atoms with Crippen molar-refractivity contribution >= 4 is 12.0 Å². The van der Waals surface area contributed by atoms with Gasteiger partial charge in [0, 0.05) is 5.75 Å². The predicted octanol–water partition coefficient (Wildman–Crippen LogP) is 2.41. The molecule has 0 saturated heterocycles. The monoisotopic (exact) mass is 166 g/mol. The summed E-state index contributed by atoms with van der Waals surface area (Å²) in [4.78, 5) is 0. The van der Waals surface area contributed by atoms with Gasteiger partial charge in [-0.1, -0.05) is 24.3 Å². The Morgan fingerprint density at radius 2 is 2.00 bits per heavy atom. The van der Waals surface area contributed by atoms with Crippen molar-refractivity contribution in [3.8, 4) is 0 Å². The summed E-state index contributed by atoms with van der Waals surface area (Å²) in [5.41, 5.74) is 2.79. The van der Waals surface area contributed by atoms with Gasteiger partial charge in [0.2, 0.25) is 0 Å². The van der Waals surface area contributed by atoms with Gasteiger partial charge >= 0.3 is 0 Å². The molecule has 0 fully saturated rings. The first-order chi connectivity index (χ1) is 5.47. The van der Waals surface area contributed by atoms with Gasteiger partial charge < -0.3 is 4.18 Å². The summed E-state index contributed by atoms with van der Waals surface area (Å²) >= 11 is 1.57. The highest BCUT2D eigenvalue weighted by atomic mass is 32.2. The largest absolute Gasteiger partial charge is 0.311 e. The van der Waals surface area contributed by atoms with Gasteiger partial charge in [-0.05, 0) is 29.6 Å². The number of fused-ring (bicyclic) bond motifs is 1. The average Bonchev–Trinajstić information content (AvgIpc) is 2.28. The van der Waals surface area contributed by atoms with Gasteiger partial charge in [0.1, 0.15) is 0 Å². The fraction of sp³-hybridized carbons (Fsp3) is 0.333. The van der Waals surface area contributed by atoms with Crippen molar-refractivity contribution < 1.29 is 4.18 Å². The lowest BCUT2D eigenvalue weighted by Gasteiger charge is -2.01. The van der Waals surface area contributed by atoms with E-state index in [1.165, 1.54) is 11.1 Å². The Morgan fingerprint density at radius 3 is 2.91 bits per heavy atom. The van der Waals surface area contributed by atoms with E-state index < -0.39 is 0 Å². The molecule has 11 heavy (non-hydrogen) atoms. The Kier molecular flexibility index (Phi) is 2.15. The Morgan fingerprint density at radius 1 is 1.18 bits per heavy atom. The molecular formula is C9H10OS. The molecule has 0 aliphatic carbocycles. The molecule has 1 aliphatic rings. The second-order valence-corrected chi connectivity index (χ2v) is 3.48. The third kappa shape index (κ3) is 1.57. The standard InChI is InChI=1S/C9H10OS/c1-2-4-9-7-10-11-6-5-8(9)3-1/h1-4H,5-7H2. The highest BCUT2D eigenvalue weighted by Crippen LogP contribution is 2.20. The SMILES string of the molecule is c1ccc2c(c1)CCSOC2. The van der Waals surface area contributed by atoms with Crippen molar-refractivity contribution in [2.75, 3.05) is 5.75 Å². The van der Waals surface area contributed by atoms with E-state index in [9.17, 15) is 0 Å². The Balaban J connectivity index is 2.33. The molecule has 1 aromatic carbocycles. The zero-order chi connectivity index (χ0) is 7.52. The smallest absolute Gasteiger partial charge is 0.0867 e. The maximum absolute atomic E-state index is 5.34. The molecule has 1 aliphatic heterocycles. The predicted molar refractivity (Wildman–Crippen MR) is 47.4 cm³/mol. The molecule has 1 nitrogen and oxygen atoms in total. The molecular weight excluding hydrogens is 156 g/mol. The van der Waals surface area contributed by atoms with E-state index in [1.54, 1.807) is 12.0 Å². The van der Waals surface area contributed by atoms with Crippen LogP contribution in [-0.4, -0.2) is 5.75 Å². The minimum absolute atomic E-state index is 0.765. The highest BCUT2D eigenvalue weighted by molar-refractivity contribution is 7.94. The number of aryl methyl sites for hydroxylation is 1. The van der Waals surface area contributed by atoms with E-state index in [4.69, 9.17) is 4.18 Å². The van der Waals surface area contributed by atoms with E-state index in [1.807, 2.05) is 0 Å². The molecule has 0 unspecified atom stereocenters. The first-order valence-corrected chi connectivity index (χ1v) is 4.69. The van der Waals surface area contributed by atoms with Crippen LogP contribution in [-0.2, 0) is 17.2 Å². The molecule has 0 bridgehead atoms. The minimum atomic E-state index is 0.765. The summed E-state index contributed by atoms with van der Waals surface area (Å²) in [6, 6.07) is 8.48. The van der Waals surface area contributed by atoms with Crippen LogP contribution in [0.5, 0.6) is 0 Å². The lowest BCUT2D eigenvalue weighted by atomic mass is 10.1. The molecule has 2 rings (SSSR count). The summed E-state index contributed by atoms with van der Waals surface area (Å²) in [6.07, 6.45) is 1.14. The summed E-state index contributed by atoms with van der Waals surface area (Å²) in [5, 5.41) is 0. The van der Waals surface area contributed by atoms with Crippen molar-refractivity contribution in [2.45, 2.75) is 13.0 Å². The second kappa shape index (κ2) is 3.28. The fourth-order valence-corrected chi connectivity index (χ4v) is 1.89. The first kappa shape index (κ1) is 7.19. The molecule has 0 atom stereocenters. The van der Waals surface area contributed by atoms with Crippen LogP contribution in [0.3, 0.4) is 0 Å². The zero-order valence-corrected chi connectivity index (χ0v) is 7.06. The van der Waals surface area contributed by atoms with Crippen molar-refractivity contribution in [1.82, 2.24) is 0 Å². The van der Waals surface area contributed by atoms with Crippen LogP contribution in [0.1, 0.15) is 11.1 Å². The van der Waals surface area contributed by atoms with Crippen LogP contribution in [0.15, 0.2) is 24.3 Å². The van der Waals surface area contributed by atoms with Gasteiger partial charge in [-0.25, -0.2) is 0 Å². The summed E-state index contributed by atoms with van der Waals surface area (Å²) in [7, 11) is 0. The number of hydrogen-bond donors (Lipinski definition) is 0. The van der Waals surface area contributed by atoms with Crippen molar-refractivity contribution in [2.24, 2.45) is 0 Å². The van der Waals surface area contributed by atoms with Crippen LogP contribution in [0, 0.1) is 0 Å². The molecule has 2 heteroatoms. The third-order valence-electron chi connectivity index (χ3n) is 1.87. The average molecular weight is 166 g/mol. The normalized spacial score (nSPS) is 17.1. The molecule has 0 radical (unpaired) electrons. The Labute approximate surface area is 71.0 Å². The summed E-state index contributed by atoms with van der Waals surface area (Å²) in [5.74, 6) is 1.08. The molecule has 0 spiro atoms. The quantitative estimate of drug-likeness (QED) is 0.547. The Hall–Kier alpha value is -0.470. The van der Waals surface area contributed by atoms with Gasteiger partial charge in [-0.3, -0.25) is 0 Å². The van der Waals surface area contributed by atoms with Crippen LogP contribution >= 0.6 is 12.0 Å². The summed E-state index contributed by atoms with van der Waals surface area (Å²) in [6.45, 7) is 0.765. The third-order valence-corrected chi connectivity index (χ3v) is 2.53. The minimum Gasteiger partial charge on any atom is -0.311 e. The van der Waals surface area contributed by atoms with E-state index in [-0.39, 0.29) is 0 Å². The molecule has 58 valence electrons. The maximum atomic E-state index is 5.34.